The highest BCUT2D eigenvalue weighted by molar-refractivity contribution is 8.00. The van der Waals surface area contributed by atoms with Gasteiger partial charge < -0.3 is 4.74 Å². The lowest BCUT2D eigenvalue weighted by molar-refractivity contribution is -0.0269. The van der Waals surface area contributed by atoms with E-state index in [4.69, 9.17) is 4.74 Å². The maximum atomic E-state index is 6.94. The molecule has 0 N–H and O–H groups in total. The van der Waals surface area contributed by atoms with Gasteiger partial charge in [0.2, 0.25) is 0 Å². The van der Waals surface area contributed by atoms with Gasteiger partial charge in [0.15, 0.2) is 0 Å². The van der Waals surface area contributed by atoms with E-state index in [9.17, 15) is 0 Å². The summed E-state index contributed by atoms with van der Waals surface area (Å²) >= 11 is 2.63. The predicted molar refractivity (Wildman–Crippen MR) is 247 cm³/mol. The van der Waals surface area contributed by atoms with E-state index in [1.165, 1.54) is 51.4 Å². The topological polar surface area (TPSA) is 12.5 Å². The fraction of sp³-hybridized carbons (Fsp3) is 1.00. The van der Waals surface area contributed by atoms with Gasteiger partial charge in [-0.3, -0.25) is 4.90 Å². The fourth-order valence-electron chi connectivity index (χ4n) is 20.4. The first-order valence-electron chi connectivity index (χ1n) is 28.3. The summed E-state index contributed by atoms with van der Waals surface area (Å²) in [5.41, 5.74) is 0. The summed E-state index contributed by atoms with van der Waals surface area (Å²) in [6.07, 6.45) is 55.5. The van der Waals surface area contributed by atoms with Crippen molar-refractivity contribution in [2.75, 3.05) is 0 Å². The molecule has 12 rings (SSSR count). The van der Waals surface area contributed by atoms with Crippen molar-refractivity contribution < 1.29 is 4.74 Å². The third-order valence-electron chi connectivity index (χ3n) is 22.9. The molecule has 2 nitrogen and oxygen atoms in total. The molecular weight excluding hydrogens is 735 g/mol. The number of rotatable bonds is 6. The van der Waals surface area contributed by atoms with Crippen LogP contribution in [0, 0.1) is 82.9 Å². The Morgan fingerprint density at radius 3 is 1.63 bits per heavy atom. The van der Waals surface area contributed by atoms with Gasteiger partial charge >= 0.3 is 0 Å². The van der Waals surface area contributed by atoms with Crippen LogP contribution in [0.3, 0.4) is 0 Å². The summed E-state index contributed by atoms with van der Waals surface area (Å²) in [5, 5.41) is 1.93. The van der Waals surface area contributed by atoms with Crippen LogP contribution in [0.5, 0.6) is 0 Å². The van der Waals surface area contributed by atoms with Crippen molar-refractivity contribution in [3.63, 3.8) is 0 Å². The molecule has 17 atom stereocenters. The minimum absolute atomic E-state index is 0.623. The molecule has 10 saturated carbocycles. The summed E-state index contributed by atoms with van der Waals surface area (Å²) in [7, 11) is 0. The Labute approximate surface area is 368 Å². The second kappa shape index (κ2) is 17.9. The van der Waals surface area contributed by atoms with Gasteiger partial charge in [0, 0.05) is 34.5 Å². The Kier molecular flexibility index (Phi) is 12.4. The zero-order valence-corrected chi connectivity index (χ0v) is 39.0. The molecule has 2 aliphatic heterocycles. The predicted octanol–water partition coefficient (Wildman–Crippen LogP) is 15.1. The van der Waals surface area contributed by atoms with Crippen molar-refractivity contribution in [1.29, 1.82) is 0 Å². The van der Waals surface area contributed by atoms with Gasteiger partial charge in [0.05, 0.1) is 12.2 Å². The van der Waals surface area contributed by atoms with Crippen LogP contribution in [0.1, 0.15) is 225 Å². The molecule has 2 saturated heterocycles. The Balaban J connectivity index is 0.747. The third-order valence-corrected chi connectivity index (χ3v) is 24.9. The Morgan fingerprint density at radius 2 is 0.797 bits per heavy atom. The number of ether oxygens (including phenoxy) is 1. The van der Waals surface area contributed by atoms with Crippen LogP contribution in [-0.2, 0) is 4.74 Å². The molecule has 12 fully saturated rings. The molecule has 332 valence electrons. The molecule has 0 amide bonds. The molecular formula is C56H91NOS. The molecule has 3 heteroatoms. The van der Waals surface area contributed by atoms with Crippen LogP contribution in [0.2, 0.25) is 0 Å². The van der Waals surface area contributed by atoms with Crippen LogP contribution < -0.4 is 0 Å². The number of nitrogens with zero attached hydrogens (tertiary/aromatic N) is 1. The molecule has 0 aromatic carbocycles. The van der Waals surface area contributed by atoms with Crippen LogP contribution >= 0.6 is 11.8 Å². The van der Waals surface area contributed by atoms with E-state index >= 15 is 0 Å². The van der Waals surface area contributed by atoms with Crippen molar-refractivity contribution in [2.45, 2.75) is 266 Å². The molecule has 2 heterocycles. The first-order chi connectivity index (χ1) is 29.2. The summed E-state index contributed by atoms with van der Waals surface area (Å²) in [6, 6.07) is 2.72. The Morgan fingerprint density at radius 1 is 0.288 bits per heavy atom. The van der Waals surface area contributed by atoms with Crippen LogP contribution in [0.4, 0.5) is 0 Å². The van der Waals surface area contributed by atoms with E-state index in [0.29, 0.717) is 12.2 Å². The smallest absolute Gasteiger partial charge is 0.0621 e. The fourth-order valence-corrected chi connectivity index (χ4v) is 23.0. The van der Waals surface area contributed by atoms with Crippen LogP contribution in [-0.4, -0.2) is 45.7 Å². The summed E-state index contributed by atoms with van der Waals surface area (Å²) in [5.74, 6) is 14.7. The average molecular weight is 826 g/mol. The van der Waals surface area contributed by atoms with Crippen molar-refractivity contribution in [2.24, 2.45) is 82.9 Å². The lowest BCUT2D eigenvalue weighted by Gasteiger charge is -2.53. The molecule has 17 unspecified atom stereocenters. The van der Waals surface area contributed by atoms with Gasteiger partial charge in [-0.15, -0.1) is 0 Å². The highest BCUT2D eigenvalue weighted by atomic mass is 32.2. The SMILES string of the molecule is C1CCC2CC(C3CCC(N(C4CCC(C5CCCC6CCCCC65)CC4)C4CCCC(C5CCCC6C7CCC8OC9CCCCC9C8C7SC56)C4)CC3)CCC2C1. The van der Waals surface area contributed by atoms with Crippen LogP contribution in [0.15, 0.2) is 0 Å². The Hall–Kier alpha value is 0.270. The number of hydrogen-bond acceptors (Lipinski definition) is 3. The molecule has 0 bridgehead atoms. The number of hydrogen-bond donors (Lipinski definition) is 0. The van der Waals surface area contributed by atoms with Crippen molar-refractivity contribution >= 4 is 11.8 Å². The summed E-state index contributed by atoms with van der Waals surface area (Å²) in [4.78, 5) is 3.44. The highest BCUT2D eigenvalue weighted by Gasteiger charge is 2.60. The van der Waals surface area contributed by atoms with E-state index in [1.807, 2.05) is 0 Å². The lowest BCUT2D eigenvalue weighted by Crippen LogP contribution is -2.54. The van der Waals surface area contributed by atoms with Gasteiger partial charge in [-0.25, -0.2) is 0 Å². The molecule has 59 heavy (non-hydrogen) atoms. The second-order valence-corrected chi connectivity index (χ2v) is 26.5. The molecule has 0 aromatic heterocycles. The van der Waals surface area contributed by atoms with E-state index in [0.717, 1.165) is 111 Å². The largest absolute Gasteiger partial charge is 0.374 e. The quantitative estimate of drug-likeness (QED) is 0.265. The van der Waals surface area contributed by atoms with Gasteiger partial charge in [-0.05, 0) is 212 Å². The molecule has 0 radical (unpaired) electrons. The van der Waals surface area contributed by atoms with E-state index < -0.39 is 0 Å². The van der Waals surface area contributed by atoms with Crippen molar-refractivity contribution in [3.05, 3.63) is 0 Å². The van der Waals surface area contributed by atoms with Crippen molar-refractivity contribution in [1.82, 2.24) is 4.90 Å². The Bertz CT molecular complexity index is 1380. The monoisotopic (exact) mass is 826 g/mol. The maximum Gasteiger partial charge on any atom is 0.0621 e. The van der Waals surface area contributed by atoms with Gasteiger partial charge in [0.25, 0.3) is 0 Å². The van der Waals surface area contributed by atoms with Gasteiger partial charge in [-0.2, -0.15) is 11.8 Å². The second-order valence-electron chi connectivity index (χ2n) is 25.1. The number of fused-ring (bicyclic) bond motifs is 9. The zero-order valence-electron chi connectivity index (χ0n) is 38.1. The van der Waals surface area contributed by atoms with Gasteiger partial charge in [0.1, 0.15) is 0 Å². The molecule has 0 aromatic rings. The molecule has 0 spiro atoms. The molecule has 12 aliphatic rings. The maximum absolute atomic E-state index is 6.94. The first-order valence-corrected chi connectivity index (χ1v) is 29.3. The first kappa shape index (κ1) is 40.8. The number of thioether (sulfide) groups is 1. The minimum atomic E-state index is 0.623. The highest BCUT2D eigenvalue weighted by Crippen LogP contribution is 2.64. The minimum Gasteiger partial charge on any atom is -0.374 e. The van der Waals surface area contributed by atoms with E-state index in [2.05, 4.69) is 16.7 Å². The normalized spacial score (nSPS) is 53.9. The van der Waals surface area contributed by atoms with Crippen LogP contribution in [0.25, 0.3) is 0 Å². The van der Waals surface area contributed by atoms with E-state index in [-0.39, 0.29) is 0 Å². The zero-order chi connectivity index (χ0) is 38.9. The average Bonchev–Trinajstić information content (AvgIpc) is 3.88. The molecule has 10 aliphatic carbocycles. The summed E-state index contributed by atoms with van der Waals surface area (Å²) < 4.78 is 6.94. The van der Waals surface area contributed by atoms with Crippen molar-refractivity contribution in [3.8, 4) is 0 Å². The standard InChI is InChI=1S/C56H91NOS/c1-2-12-40-34-41(23-22-36(40)10-1)37-24-28-43(29-25-37)57(44-30-26-39(27-31-44)47-18-8-13-38-11-3-4-16-46(38)47)45-15-7-14-42(35-45)48-19-9-20-49-50-32-33-53-54(56(50)59-55(48)49)51-17-5-6-21-52(51)58-53/h36-56H,1-35H2. The van der Waals surface area contributed by atoms with Gasteiger partial charge in [-0.1, -0.05) is 89.9 Å². The van der Waals surface area contributed by atoms with E-state index in [1.54, 1.807) is 173 Å². The summed E-state index contributed by atoms with van der Waals surface area (Å²) in [6.45, 7) is 0. The lowest BCUT2D eigenvalue weighted by atomic mass is 9.59. The third kappa shape index (κ3) is 7.85.